The monoisotopic (exact) mass is 412 g/mol. The van der Waals surface area contributed by atoms with E-state index < -0.39 is 23.1 Å². The van der Waals surface area contributed by atoms with Crippen LogP contribution in [0.25, 0.3) is 21.0 Å². The second kappa shape index (κ2) is 8.23. The van der Waals surface area contributed by atoms with Gasteiger partial charge in [0.2, 0.25) is 0 Å². The van der Waals surface area contributed by atoms with Crippen molar-refractivity contribution in [2.75, 3.05) is 13.2 Å². The number of thiazole rings is 1. The van der Waals surface area contributed by atoms with Gasteiger partial charge in [0, 0.05) is 18.5 Å². The largest absolute Gasteiger partial charge is 0.380 e. The van der Waals surface area contributed by atoms with Crippen molar-refractivity contribution in [2.45, 2.75) is 13.5 Å². The van der Waals surface area contributed by atoms with E-state index in [4.69, 9.17) is 4.74 Å². The molecule has 29 heavy (non-hydrogen) atoms. The highest BCUT2D eigenvalue weighted by atomic mass is 32.1. The summed E-state index contributed by atoms with van der Waals surface area (Å²) >= 11 is 1.32. The molecule has 0 spiro atoms. The van der Waals surface area contributed by atoms with Crippen LogP contribution in [0.3, 0.4) is 0 Å². The third-order valence-corrected chi connectivity index (χ3v) is 5.74. The van der Waals surface area contributed by atoms with E-state index in [2.05, 4.69) is 4.99 Å². The number of hydrogen-bond acceptors (Lipinski definition) is 3. The summed E-state index contributed by atoms with van der Waals surface area (Å²) in [4.78, 5) is 17.1. The van der Waals surface area contributed by atoms with E-state index in [9.17, 15) is 13.6 Å². The Balaban J connectivity index is 1.92. The van der Waals surface area contributed by atoms with Crippen molar-refractivity contribution >= 4 is 38.2 Å². The zero-order chi connectivity index (χ0) is 20.4. The van der Waals surface area contributed by atoms with E-state index in [-0.39, 0.29) is 0 Å². The Morgan fingerprint density at radius 3 is 2.59 bits per heavy atom. The van der Waals surface area contributed by atoms with Gasteiger partial charge in [0.05, 0.1) is 16.8 Å². The van der Waals surface area contributed by atoms with Crippen LogP contribution in [0.5, 0.6) is 0 Å². The first kappa shape index (κ1) is 19.4. The summed E-state index contributed by atoms with van der Waals surface area (Å²) in [6, 6.07) is 15.2. The predicted molar refractivity (Wildman–Crippen MR) is 110 cm³/mol. The van der Waals surface area contributed by atoms with Crippen molar-refractivity contribution in [3.8, 4) is 0 Å². The maximum absolute atomic E-state index is 14.0. The molecule has 0 unspecified atom stereocenters. The van der Waals surface area contributed by atoms with Crippen LogP contribution in [0.1, 0.15) is 17.3 Å². The van der Waals surface area contributed by atoms with Crippen molar-refractivity contribution < 1.29 is 18.3 Å². The quantitative estimate of drug-likeness (QED) is 0.437. The number of ether oxygens (including phenoxy) is 1. The molecule has 148 valence electrons. The van der Waals surface area contributed by atoms with Gasteiger partial charge in [-0.25, -0.2) is 8.78 Å². The lowest BCUT2D eigenvalue weighted by Crippen LogP contribution is -2.20. The molecule has 0 aliphatic heterocycles. The third-order valence-electron chi connectivity index (χ3n) is 4.61. The van der Waals surface area contributed by atoms with Gasteiger partial charge in [0.25, 0.3) is 5.91 Å². The summed E-state index contributed by atoms with van der Waals surface area (Å²) < 4.78 is 36.3. The van der Waals surface area contributed by atoms with Crippen molar-refractivity contribution in [1.29, 1.82) is 0 Å². The van der Waals surface area contributed by atoms with Gasteiger partial charge in [0.1, 0.15) is 17.2 Å². The van der Waals surface area contributed by atoms with Gasteiger partial charge in [-0.1, -0.05) is 47.7 Å². The van der Waals surface area contributed by atoms with Gasteiger partial charge < -0.3 is 9.30 Å². The summed E-state index contributed by atoms with van der Waals surface area (Å²) in [5.41, 5.74) is 0.250. The van der Waals surface area contributed by atoms with E-state index in [0.717, 1.165) is 33.1 Å². The van der Waals surface area contributed by atoms with Gasteiger partial charge in [0.15, 0.2) is 4.80 Å². The van der Waals surface area contributed by atoms with Crippen molar-refractivity contribution in [3.63, 3.8) is 0 Å². The van der Waals surface area contributed by atoms with E-state index in [1.165, 1.54) is 17.4 Å². The van der Waals surface area contributed by atoms with Crippen LogP contribution in [0.15, 0.2) is 59.6 Å². The zero-order valence-electron chi connectivity index (χ0n) is 15.7. The maximum atomic E-state index is 14.0. The smallest absolute Gasteiger partial charge is 0.285 e. The van der Waals surface area contributed by atoms with Crippen molar-refractivity contribution in [1.82, 2.24) is 4.57 Å². The molecule has 0 bridgehead atoms. The molecule has 0 saturated heterocycles. The van der Waals surface area contributed by atoms with E-state index in [1.54, 1.807) is 0 Å². The van der Waals surface area contributed by atoms with Crippen molar-refractivity contribution in [3.05, 3.63) is 76.6 Å². The number of rotatable bonds is 5. The molecule has 0 atom stereocenters. The van der Waals surface area contributed by atoms with E-state index >= 15 is 0 Å². The van der Waals surface area contributed by atoms with Gasteiger partial charge in [-0.05, 0) is 30.5 Å². The molecule has 1 heterocycles. The van der Waals surface area contributed by atoms with E-state index in [0.29, 0.717) is 24.6 Å². The molecule has 7 heteroatoms. The third kappa shape index (κ3) is 3.71. The molecule has 4 rings (SSSR count). The second-order valence-electron chi connectivity index (χ2n) is 6.38. The number of fused-ring (bicyclic) bond motifs is 3. The minimum atomic E-state index is -0.943. The Hall–Kier alpha value is -2.90. The predicted octanol–water partition coefficient (Wildman–Crippen LogP) is 4.91. The number of halogens is 2. The number of nitrogens with zero attached hydrogens (tertiary/aromatic N) is 2. The zero-order valence-corrected chi connectivity index (χ0v) is 16.5. The minimum absolute atomic E-state index is 0.378. The topological polar surface area (TPSA) is 43.6 Å². The van der Waals surface area contributed by atoms with Crippen LogP contribution >= 0.6 is 11.3 Å². The molecule has 0 N–H and O–H groups in total. The van der Waals surface area contributed by atoms with Gasteiger partial charge in [-0.15, -0.1) is 0 Å². The summed E-state index contributed by atoms with van der Waals surface area (Å²) in [6.45, 7) is 3.37. The summed E-state index contributed by atoms with van der Waals surface area (Å²) in [5.74, 6) is -2.79. The Kier molecular flexibility index (Phi) is 5.51. The standard InChI is InChI=1S/C22H18F2N2O2S/c1-2-28-13-12-26-18-11-10-14-6-3-4-7-15(14)20(18)29-22(26)25-21(27)19-16(23)8-5-9-17(19)24/h3-11H,2,12-13H2,1H3. The maximum Gasteiger partial charge on any atom is 0.285 e. The Labute approximate surface area is 169 Å². The number of carbonyl (C=O) groups excluding carboxylic acids is 1. The summed E-state index contributed by atoms with van der Waals surface area (Å²) in [7, 11) is 0. The first-order valence-corrected chi connectivity index (χ1v) is 10.0. The molecule has 0 radical (unpaired) electrons. The number of hydrogen-bond donors (Lipinski definition) is 0. The average Bonchev–Trinajstić information content (AvgIpc) is 3.06. The fraction of sp³-hybridized carbons (Fsp3) is 0.182. The molecule has 0 aliphatic carbocycles. The van der Waals surface area contributed by atoms with Crippen LogP contribution < -0.4 is 4.80 Å². The van der Waals surface area contributed by atoms with Crippen LogP contribution in [-0.4, -0.2) is 23.7 Å². The van der Waals surface area contributed by atoms with Gasteiger partial charge in [-0.3, -0.25) is 4.79 Å². The normalized spacial score (nSPS) is 12.2. The van der Waals surface area contributed by atoms with Gasteiger partial charge in [-0.2, -0.15) is 4.99 Å². The molecular formula is C22H18F2N2O2S. The summed E-state index contributed by atoms with van der Waals surface area (Å²) in [6.07, 6.45) is 0. The molecule has 4 aromatic rings. The van der Waals surface area contributed by atoms with Crippen molar-refractivity contribution in [2.24, 2.45) is 4.99 Å². The van der Waals surface area contributed by atoms with E-state index in [1.807, 2.05) is 47.9 Å². The molecule has 1 amide bonds. The highest BCUT2D eigenvalue weighted by Crippen LogP contribution is 2.27. The molecule has 0 aliphatic rings. The van der Waals surface area contributed by atoms with Crippen LogP contribution in [0.2, 0.25) is 0 Å². The average molecular weight is 412 g/mol. The molecular weight excluding hydrogens is 394 g/mol. The number of benzene rings is 3. The first-order valence-electron chi connectivity index (χ1n) is 9.22. The van der Waals surface area contributed by atoms with Crippen LogP contribution in [0.4, 0.5) is 8.78 Å². The molecule has 0 fully saturated rings. The Bertz CT molecular complexity index is 1260. The highest BCUT2D eigenvalue weighted by molar-refractivity contribution is 7.17. The minimum Gasteiger partial charge on any atom is -0.380 e. The fourth-order valence-electron chi connectivity index (χ4n) is 3.25. The number of aromatic nitrogens is 1. The number of amides is 1. The lowest BCUT2D eigenvalue weighted by molar-refractivity contribution is 0.0988. The first-order chi connectivity index (χ1) is 14.1. The molecule has 0 saturated carbocycles. The Morgan fingerprint density at radius 1 is 1.07 bits per heavy atom. The molecule has 3 aromatic carbocycles. The molecule has 1 aromatic heterocycles. The van der Waals surface area contributed by atoms with Crippen LogP contribution in [-0.2, 0) is 11.3 Å². The lowest BCUT2D eigenvalue weighted by atomic mass is 10.1. The van der Waals surface area contributed by atoms with Gasteiger partial charge >= 0.3 is 0 Å². The second-order valence-corrected chi connectivity index (χ2v) is 7.36. The highest BCUT2D eigenvalue weighted by Gasteiger charge is 2.18. The summed E-state index contributed by atoms with van der Waals surface area (Å²) in [5, 5.41) is 2.10. The Morgan fingerprint density at radius 2 is 1.83 bits per heavy atom. The van der Waals surface area contributed by atoms with Crippen LogP contribution in [0, 0.1) is 11.6 Å². The number of carbonyl (C=O) groups is 1. The fourth-order valence-corrected chi connectivity index (χ4v) is 4.43. The SMILES string of the molecule is CCOCCn1c(=NC(=O)c2c(F)cccc2F)sc2c3ccccc3ccc21. The molecule has 4 nitrogen and oxygen atoms in total. The lowest BCUT2D eigenvalue weighted by Gasteiger charge is -2.06.